The van der Waals surface area contributed by atoms with Crippen LogP contribution in [-0.4, -0.2) is 23.5 Å². The van der Waals surface area contributed by atoms with Crippen molar-refractivity contribution in [3.8, 4) is 0 Å². The third-order valence-corrected chi connectivity index (χ3v) is 3.39. The van der Waals surface area contributed by atoms with Crippen molar-refractivity contribution in [2.24, 2.45) is 16.8 Å². The highest BCUT2D eigenvalue weighted by molar-refractivity contribution is 5.95. The van der Waals surface area contributed by atoms with Gasteiger partial charge in [0.05, 0.1) is 0 Å². The molecule has 1 rings (SSSR count). The van der Waals surface area contributed by atoms with E-state index in [4.69, 9.17) is 10.9 Å². The number of amides is 1. The Morgan fingerprint density at radius 2 is 1.90 bits per heavy atom. The molecule has 5 nitrogen and oxygen atoms in total. The number of benzene rings is 1. The van der Waals surface area contributed by atoms with Gasteiger partial charge in [-0.1, -0.05) is 37.2 Å². The zero-order chi connectivity index (χ0) is 15.0. The van der Waals surface area contributed by atoms with Gasteiger partial charge < -0.3 is 15.8 Å². The lowest BCUT2D eigenvalue weighted by atomic mass is 10.0. The van der Waals surface area contributed by atoms with E-state index in [1.54, 1.807) is 4.90 Å². The predicted octanol–water partition coefficient (Wildman–Crippen LogP) is 2.59. The first-order valence-corrected chi connectivity index (χ1v) is 6.96. The van der Waals surface area contributed by atoms with E-state index < -0.39 is 0 Å². The maximum Gasteiger partial charge on any atom is 0.230 e. The van der Waals surface area contributed by atoms with Crippen LogP contribution in [0.15, 0.2) is 35.5 Å². The molecule has 5 heteroatoms. The Balaban J connectivity index is 2.92. The monoisotopic (exact) mass is 277 g/mol. The first kappa shape index (κ1) is 16.0. The Bertz CT molecular complexity index is 442. The van der Waals surface area contributed by atoms with Crippen LogP contribution < -0.4 is 10.6 Å². The molecule has 1 aromatic carbocycles. The molecule has 0 atom stereocenters. The van der Waals surface area contributed by atoms with Gasteiger partial charge in [-0.3, -0.25) is 4.79 Å². The van der Waals surface area contributed by atoms with Crippen LogP contribution in [0, 0.1) is 5.92 Å². The van der Waals surface area contributed by atoms with E-state index in [0.29, 0.717) is 13.0 Å². The van der Waals surface area contributed by atoms with Crippen LogP contribution in [0.3, 0.4) is 0 Å². The van der Waals surface area contributed by atoms with Gasteiger partial charge in [-0.05, 0) is 25.0 Å². The molecule has 110 valence electrons. The maximum absolute atomic E-state index is 12.6. The van der Waals surface area contributed by atoms with Gasteiger partial charge in [0.25, 0.3) is 0 Å². The number of nitrogens with zero attached hydrogens (tertiary/aromatic N) is 2. The summed E-state index contributed by atoms with van der Waals surface area (Å²) in [4.78, 5) is 14.3. The first-order valence-electron chi connectivity index (χ1n) is 6.96. The predicted molar refractivity (Wildman–Crippen MR) is 80.9 cm³/mol. The fraction of sp³-hybridized carbons (Fsp3) is 0.467. The van der Waals surface area contributed by atoms with Crippen LogP contribution in [-0.2, 0) is 4.79 Å². The molecule has 1 aromatic rings. The summed E-state index contributed by atoms with van der Waals surface area (Å²) in [5, 5.41) is 11.6. The number of rotatable bonds is 7. The molecule has 0 aromatic heterocycles. The van der Waals surface area contributed by atoms with Crippen LogP contribution in [0.4, 0.5) is 5.69 Å². The van der Waals surface area contributed by atoms with Crippen molar-refractivity contribution in [1.82, 2.24) is 0 Å². The average Bonchev–Trinajstić information content (AvgIpc) is 2.49. The normalized spacial score (nSPS) is 11.7. The Morgan fingerprint density at radius 1 is 1.30 bits per heavy atom. The summed E-state index contributed by atoms with van der Waals surface area (Å²) in [6.45, 7) is 4.44. The van der Waals surface area contributed by atoms with Crippen molar-refractivity contribution >= 4 is 17.4 Å². The highest BCUT2D eigenvalue weighted by atomic mass is 16.4. The number of oxime groups is 1. The molecular formula is C15H23N3O2. The number of carbonyl (C=O) groups excluding carboxylic acids is 1. The molecular weight excluding hydrogens is 254 g/mol. The van der Waals surface area contributed by atoms with Gasteiger partial charge in [-0.25, -0.2) is 0 Å². The summed E-state index contributed by atoms with van der Waals surface area (Å²) >= 11 is 0. The Labute approximate surface area is 120 Å². The van der Waals surface area contributed by atoms with E-state index in [-0.39, 0.29) is 17.7 Å². The zero-order valence-electron chi connectivity index (χ0n) is 12.1. The van der Waals surface area contributed by atoms with Crippen LogP contribution in [0.5, 0.6) is 0 Å². The number of hydrogen-bond donors (Lipinski definition) is 2. The van der Waals surface area contributed by atoms with Crippen molar-refractivity contribution in [3.05, 3.63) is 30.3 Å². The lowest BCUT2D eigenvalue weighted by Gasteiger charge is -2.26. The minimum atomic E-state index is 0.00231. The SMILES string of the molecule is CCC(CC)C(=O)N(CC/C(N)=N/O)c1ccccc1. The molecule has 0 heterocycles. The Morgan fingerprint density at radius 3 is 2.40 bits per heavy atom. The van der Waals surface area contributed by atoms with Gasteiger partial charge in [0.1, 0.15) is 5.84 Å². The average molecular weight is 277 g/mol. The standard InChI is InChI=1S/C15H23N3O2/c1-3-12(4-2)15(19)18(11-10-14(16)17-20)13-8-6-5-7-9-13/h5-9,12,20H,3-4,10-11H2,1-2H3,(H2,16,17). The number of carbonyl (C=O) groups is 1. The highest BCUT2D eigenvalue weighted by Crippen LogP contribution is 2.20. The van der Waals surface area contributed by atoms with E-state index >= 15 is 0 Å². The maximum atomic E-state index is 12.6. The second kappa shape index (κ2) is 8.19. The number of nitrogens with two attached hydrogens (primary N) is 1. The minimum Gasteiger partial charge on any atom is -0.409 e. The van der Waals surface area contributed by atoms with E-state index in [2.05, 4.69) is 5.16 Å². The van der Waals surface area contributed by atoms with Crippen LogP contribution in [0.2, 0.25) is 0 Å². The van der Waals surface area contributed by atoms with Crippen molar-refractivity contribution in [2.75, 3.05) is 11.4 Å². The fourth-order valence-electron chi connectivity index (χ4n) is 2.11. The molecule has 0 aliphatic rings. The molecule has 0 saturated heterocycles. The molecule has 0 bridgehead atoms. The smallest absolute Gasteiger partial charge is 0.230 e. The van der Waals surface area contributed by atoms with Crippen molar-refractivity contribution in [1.29, 1.82) is 0 Å². The van der Waals surface area contributed by atoms with Crippen LogP contribution in [0.25, 0.3) is 0 Å². The quantitative estimate of drug-likeness (QED) is 0.348. The molecule has 3 N–H and O–H groups in total. The number of amidine groups is 1. The van der Waals surface area contributed by atoms with Crippen LogP contribution >= 0.6 is 0 Å². The van der Waals surface area contributed by atoms with Gasteiger partial charge in [-0.15, -0.1) is 0 Å². The van der Waals surface area contributed by atoms with Gasteiger partial charge in [0, 0.05) is 24.6 Å². The fourth-order valence-corrected chi connectivity index (χ4v) is 2.11. The Kier molecular flexibility index (Phi) is 6.56. The molecule has 0 saturated carbocycles. The topological polar surface area (TPSA) is 78.9 Å². The summed E-state index contributed by atoms with van der Waals surface area (Å²) in [5.41, 5.74) is 6.35. The van der Waals surface area contributed by atoms with E-state index in [9.17, 15) is 4.79 Å². The summed E-state index contributed by atoms with van der Waals surface area (Å²) < 4.78 is 0. The van der Waals surface area contributed by atoms with E-state index in [1.165, 1.54) is 0 Å². The van der Waals surface area contributed by atoms with Gasteiger partial charge in [0.15, 0.2) is 0 Å². The second-order valence-corrected chi connectivity index (χ2v) is 4.68. The third kappa shape index (κ3) is 4.26. The third-order valence-electron chi connectivity index (χ3n) is 3.39. The molecule has 1 amide bonds. The van der Waals surface area contributed by atoms with E-state index in [0.717, 1.165) is 18.5 Å². The summed E-state index contributed by atoms with van der Waals surface area (Å²) in [6.07, 6.45) is 1.96. The Hall–Kier alpha value is -2.04. The largest absolute Gasteiger partial charge is 0.409 e. The second-order valence-electron chi connectivity index (χ2n) is 4.68. The molecule has 0 radical (unpaired) electrons. The van der Waals surface area contributed by atoms with Crippen LogP contribution in [0.1, 0.15) is 33.1 Å². The van der Waals surface area contributed by atoms with Crippen molar-refractivity contribution < 1.29 is 10.0 Å². The lowest BCUT2D eigenvalue weighted by Crippen LogP contribution is -2.38. The lowest BCUT2D eigenvalue weighted by molar-refractivity contribution is -0.122. The van der Waals surface area contributed by atoms with Gasteiger partial charge in [0.2, 0.25) is 5.91 Å². The molecule has 0 fully saturated rings. The first-order chi connectivity index (χ1) is 9.63. The molecule has 0 aliphatic heterocycles. The minimum absolute atomic E-state index is 0.00231. The van der Waals surface area contributed by atoms with Gasteiger partial charge in [-0.2, -0.15) is 0 Å². The summed E-state index contributed by atoms with van der Waals surface area (Å²) in [6, 6.07) is 9.49. The zero-order valence-corrected chi connectivity index (χ0v) is 12.1. The van der Waals surface area contributed by atoms with Gasteiger partial charge >= 0.3 is 0 Å². The van der Waals surface area contributed by atoms with Crippen molar-refractivity contribution in [2.45, 2.75) is 33.1 Å². The number of para-hydroxylation sites is 1. The highest BCUT2D eigenvalue weighted by Gasteiger charge is 2.22. The van der Waals surface area contributed by atoms with E-state index in [1.807, 2.05) is 44.2 Å². The molecule has 0 unspecified atom stereocenters. The number of hydrogen-bond acceptors (Lipinski definition) is 3. The number of anilines is 1. The molecule has 0 aliphatic carbocycles. The molecule has 20 heavy (non-hydrogen) atoms. The summed E-state index contributed by atoms with van der Waals surface area (Å²) in [7, 11) is 0. The van der Waals surface area contributed by atoms with Crippen molar-refractivity contribution in [3.63, 3.8) is 0 Å². The summed E-state index contributed by atoms with van der Waals surface area (Å²) in [5.74, 6) is 0.220. The molecule has 0 spiro atoms.